The van der Waals surface area contributed by atoms with Gasteiger partial charge in [-0.25, -0.2) is 18.4 Å². The Hall–Kier alpha value is -4.27. The van der Waals surface area contributed by atoms with E-state index in [9.17, 15) is 31.2 Å². The summed E-state index contributed by atoms with van der Waals surface area (Å²) < 4.78 is 66.0. The highest BCUT2D eigenvalue weighted by Gasteiger charge is 2.35. The van der Waals surface area contributed by atoms with Crippen LogP contribution in [0, 0.1) is 0 Å². The molecule has 0 spiro atoms. The second kappa shape index (κ2) is 11.5. The molecule has 212 valence electrons. The number of benzene rings is 1. The molecule has 3 heterocycles. The van der Waals surface area contributed by atoms with Crippen molar-refractivity contribution in [3.05, 3.63) is 65.5 Å². The molecule has 0 saturated carbocycles. The number of nitrogens with one attached hydrogen (secondary N) is 2. The molecule has 15 heteroatoms. The lowest BCUT2D eigenvalue weighted by Gasteiger charge is -2.25. The molecule has 1 aliphatic rings. The first-order valence-corrected chi connectivity index (χ1v) is 13.9. The average Bonchev–Trinajstić information content (AvgIpc) is 2.90. The number of Topliss-reactive ketones (excluding diaryl/α,β-unsaturated/α-hetero) is 1. The number of hydrogen-bond acceptors (Lipinski definition) is 9. The number of nitrogens with zero attached hydrogens (tertiary/aromatic N) is 5. The molecular formula is C25H26F3N7O4S. The molecule has 0 unspecified atom stereocenters. The van der Waals surface area contributed by atoms with Crippen LogP contribution in [0.25, 0.3) is 0 Å². The van der Waals surface area contributed by atoms with Crippen LogP contribution in [0.2, 0.25) is 0 Å². The fourth-order valence-electron chi connectivity index (χ4n) is 3.99. The Kier molecular flexibility index (Phi) is 8.23. The number of amides is 1. The molecule has 1 aliphatic heterocycles. The zero-order valence-electron chi connectivity index (χ0n) is 21.6. The molecule has 0 radical (unpaired) electrons. The van der Waals surface area contributed by atoms with Gasteiger partial charge in [-0.3, -0.25) is 13.9 Å². The van der Waals surface area contributed by atoms with Gasteiger partial charge in [0, 0.05) is 55.8 Å². The molecular weight excluding hydrogens is 551 g/mol. The van der Waals surface area contributed by atoms with Gasteiger partial charge >= 0.3 is 6.18 Å². The third-order valence-corrected chi connectivity index (χ3v) is 7.30. The summed E-state index contributed by atoms with van der Waals surface area (Å²) in [6, 6.07) is 9.25. The number of halogens is 3. The molecule has 3 aromatic rings. The lowest BCUT2D eigenvalue weighted by Crippen LogP contribution is -2.40. The fraction of sp³-hybridized carbons (Fsp3) is 0.320. The van der Waals surface area contributed by atoms with E-state index in [-0.39, 0.29) is 36.5 Å². The minimum absolute atomic E-state index is 0.00363. The Morgan fingerprint density at radius 3 is 2.52 bits per heavy atom. The van der Waals surface area contributed by atoms with Gasteiger partial charge < -0.3 is 15.5 Å². The average molecular weight is 578 g/mol. The Morgan fingerprint density at radius 1 is 1.15 bits per heavy atom. The summed E-state index contributed by atoms with van der Waals surface area (Å²) in [7, 11) is -2.37. The van der Waals surface area contributed by atoms with Gasteiger partial charge in [0.2, 0.25) is 16.0 Å². The van der Waals surface area contributed by atoms with E-state index >= 15 is 0 Å². The summed E-state index contributed by atoms with van der Waals surface area (Å²) in [5.74, 6) is -0.890. The highest BCUT2D eigenvalue weighted by atomic mass is 32.2. The first kappa shape index (κ1) is 28.7. The van der Waals surface area contributed by atoms with E-state index in [4.69, 9.17) is 0 Å². The number of carbonyl (C=O) groups excluding carboxylic acids is 2. The van der Waals surface area contributed by atoms with E-state index in [0.29, 0.717) is 42.4 Å². The summed E-state index contributed by atoms with van der Waals surface area (Å²) in [5.41, 5.74) is -0.00658. The molecule has 0 atom stereocenters. The summed E-state index contributed by atoms with van der Waals surface area (Å²) >= 11 is 0. The molecule has 0 aliphatic carbocycles. The van der Waals surface area contributed by atoms with Crippen LogP contribution in [-0.2, 0) is 27.5 Å². The number of anilines is 4. The molecule has 0 bridgehead atoms. The molecule has 4 rings (SSSR count). The SMILES string of the molecule is CN(c1ncccc1CNc1nc(Nc2ccc(C(=O)N3CCCC(=O)C3)cc2)ncc1C(F)(F)F)S(C)(=O)=O. The second-order valence-electron chi connectivity index (χ2n) is 9.10. The molecule has 1 aromatic carbocycles. The fourth-order valence-corrected chi connectivity index (χ4v) is 4.47. The normalized spacial score (nSPS) is 14.1. The van der Waals surface area contributed by atoms with Crippen LogP contribution < -0.4 is 14.9 Å². The van der Waals surface area contributed by atoms with Gasteiger partial charge in [-0.2, -0.15) is 18.2 Å². The van der Waals surface area contributed by atoms with Crippen LogP contribution in [0.1, 0.15) is 34.3 Å². The van der Waals surface area contributed by atoms with E-state index in [2.05, 4.69) is 25.6 Å². The molecule has 2 aromatic heterocycles. The van der Waals surface area contributed by atoms with Crippen molar-refractivity contribution >= 4 is 45.0 Å². The van der Waals surface area contributed by atoms with Crippen molar-refractivity contribution in [3.8, 4) is 0 Å². The van der Waals surface area contributed by atoms with Gasteiger partial charge in [-0.1, -0.05) is 6.07 Å². The number of alkyl halides is 3. The van der Waals surface area contributed by atoms with E-state index in [0.717, 1.165) is 10.6 Å². The number of sulfonamides is 1. The number of rotatable bonds is 8. The predicted octanol–water partition coefficient (Wildman–Crippen LogP) is 3.45. The number of likely N-dealkylation sites (tertiary alicyclic amines) is 1. The lowest BCUT2D eigenvalue weighted by atomic mass is 10.1. The van der Waals surface area contributed by atoms with Gasteiger partial charge in [0.25, 0.3) is 5.91 Å². The number of piperidine rings is 1. The van der Waals surface area contributed by atoms with Crippen LogP contribution in [0.15, 0.2) is 48.8 Å². The van der Waals surface area contributed by atoms with Gasteiger partial charge in [-0.15, -0.1) is 0 Å². The minimum atomic E-state index is -4.76. The van der Waals surface area contributed by atoms with Crippen molar-refractivity contribution in [1.29, 1.82) is 0 Å². The molecule has 1 amide bonds. The number of aromatic nitrogens is 3. The van der Waals surface area contributed by atoms with Crippen LogP contribution >= 0.6 is 0 Å². The zero-order chi connectivity index (χ0) is 29.1. The van der Waals surface area contributed by atoms with Gasteiger partial charge in [-0.05, 0) is 36.8 Å². The van der Waals surface area contributed by atoms with E-state index in [1.165, 1.54) is 42.4 Å². The first-order valence-electron chi connectivity index (χ1n) is 12.1. The van der Waals surface area contributed by atoms with Crippen molar-refractivity contribution in [3.63, 3.8) is 0 Å². The van der Waals surface area contributed by atoms with Crippen molar-refractivity contribution in [2.75, 3.05) is 41.3 Å². The topological polar surface area (TPSA) is 137 Å². The third-order valence-electron chi connectivity index (χ3n) is 6.13. The van der Waals surface area contributed by atoms with Gasteiger partial charge in [0.15, 0.2) is 5.78 Å². The Morgan fingerprint density at radius 2 is 1.88 bits per heavy atom. The minimum Gasteiger partial charge on any atom is -0.365 e. The Labute approximate surface area is 228 Å². The molecule has 1 saturated heterocycles. The maximum atomic E-state index is 13.7. The summed E-state index contributed by atoms with van der Waals surface area (Å²) in [5, 5.41) is 5.44. The number of pyridine rings is 1. The molecule has 1 fully saturated rings. The quantitative estimate of drug-likeness (QED) is 0.412. The molecule has 2 N–H and O–H groups in total. The monoisotopic (exact) mass is 577 g/mol. The number of carbonyl (C=O) groups is 2. The Balaban J connectivity index is 1.53. The maximum Gasteiger partial charge on any atom is 0.421 e. The third kappa shape index (κ3) is 6.83. The lowest BCUT2D eigenvalue weighted by molar-refractivity contribution is -0.137. The largest absolute Gasteiger partial charge is 0.421 e. The number of hydrogen-bond donors (Lipinski definition) is 2. The Bertz CT molecular complexity index is 1520. The summed E-state index contributed by atoms with van der Waals surface area (Å²) in [6.07, 6.45) is -0.699. The summed E-state index contributed by atoms with van der Waals surface area (Å²) in [4.78, 5) is 37.6. The van der Waals surface area contributed by atoms with Crippen LogP contribution in [0.4, 0.5) is 36.4 Å². The first-order chi connectivity index (χ1) is 18.8. The van der Waals surface area contributed by atoms with Crippen molar-refractivity contribution in [1.82, 2.24) is 19.9 Å². The van der Waals surface area contributed by atoms with Crippen LogP contribution in [0.3, 0.4) is 0 Å². The van der Waals surface area contributed by atoms with Crippen molar-refractivity contribution in [2.45, 2.75) is 25.6 Å². The van der Waals surface area contributed by atoms with Gasteiger partial charge in [0.1, 0.15) is 17.2 Å². The van der Waals surface area contributed by atoms with E-state index in [1.54, 1.807) is 12.1 Å². The van der Waals surface area contributed by atoms with Crippen LogP contribution in [-0.4, -0.2) is 66.4 Å². The standard InChI is InChI=1S/C25H26F3N7O4S/c1-34(40(2,38)39)22-17(5-3-11-29-22)13-30-21-20(25(26,27)28)14-31-24(33-21)32-18-9-7-16(8-10-18)23(37)35-12-4-6-19(36)15-35/h3,5,7-11,14H,4,6,12-13,15H2,1-2H3,(H2,30,31,32,33). The van der Waals surface area contributed by atoms with Crippen LogP contribution in [0.5, 0.6) is 0 Å². The van der Waals surface area contributed by atoms with E-state index in [1.807, 2.05) is 0 Å². The van der Waals surface area contributed by atoms with Crippen molar-refractivity contribution < 1.29 is 31.2 Å². The molecule has 40 heavy (non-hydrogen) atoms. The maximum absolute atomic E-state index is 13.7. The van der Waals surface area contributed by atoms with Crippen molar-refractivity contribution in [2.24, 2.45) is 0 Å². The molecule has 11 nitrogen and oxygen atoms in total. The zero-order valence-corrected chi connectivity index (χ0v) is 22.4. The highest BCUT2D eigenvalue weighted by Crippen LogP contribution is 2.34. The number of ketones is 1. The smallest absolute Gasteiger partial charge is 0.365 e. The highest BCUT2D eigenvalue weighted by molar-refractivity contribution is 7.92. The van der Waals surface area contributed by atoms with E-state index < -0.39 is 27.6 Å². The predicted molar refractivity (Wildman–Crippen MR) is 142 cm³/mol. The second-order valence-corrected chi connectivity index (χ2v) is 11.1. The summed E-state index contributed by atoms with van der Waals surface area (Å²) in [6.45, 7) is 0.349. The van der Waals surface area contributed by atoms with Gasteiger partial charge in [0.05, 0.1) is 12.8 Å².